The molecule has 5 heteroatoms. The molecule has 1 aliphatic rings. The first-order valence-corrected chi connectivity index (χ1v) is 5.41. The highest BCUT2D eigenvalue weighted by Crippen LogP contribution is 2.47. The Morgan fingerprint density at radius 1 is 1.35 bits per heavy atom. The molecule has 3 rings (SSSR count). The van der Waals surface area contributed by atoms with Gasteiger partial charge in [0.25, 0.3) is 0 Å². The maximum atomic E-state index is 12.0. The van der Waals surface area contributed by atoms with Crippen LogP contribution in [-0.2, 0) is 0 Å². The molecular weight excluding hydrogens is 220 g/mol. The van der Waals surface area contributed by atoms with Gasteiger partial charge in [0.1, 0.15) is 0 Å². The van der Waals surface area contributed by atoms with Gasteiger partial charge in [-0.15, -0.1) is 0 Å². The highest BCUT2D eigenvalue weighted by molar-refractivity contribution is 6.00. The van der Waals surface area contributed by atoms with E-state index in [0.717, 1.165) is 6.42 Å². The van der Waals surface area contributed by atoms with Crippen LogP contribution in [0.4, 0.5) is 0 Å². The minimum atomic E-state index is -0.571. The van der Waals surface area contributed by atoms with E-state index in [4.69, 9.17) is 0 Å². The molecule has 1 aromatic heterocycles. The summed E-state index contributed by atoms with van der Waals surface area (Å²) in [6, 6.07) is 9.13. The Morgan fingerprint density at radius 3 is 2.76 bits per heavy atom. The zero-order valence-electron chi connectivity index (χ0n) is 8.92. The van der Waals surface area contributed by atoms with Crippen molar-refractivity contribution in [2.45, 2.75) is 12.3 Å². The minimum Gasteiger partial charge on any atom is -0.296 e. The average molecular weight is 230 g/mol. The quantitative estimate of drug-likeness (QED) is 0.807. The van der Waals surface area contributed by atoms with Gasteiger partial charge in [-0.05, 0) is 6.42 Å². The van der Waals surface area contributed by atoms with E-state index in [1.165, 1.54) is 0 Å². The van der Waals surface area contributed by atoms with Gasteiger partial charge in [-0.1, -0.05) is 35.5 Å². The van der Waals surface area contributed by atoms with Crippen molar-refractivity contribution < 1.29 is 9.32 Å². The highest BCUT2D eigenvalue weighted by atomic mass is 16.5. The molecule has 1 saturated carbocycles. The first kappa shape index (κ1) is 10.0. The molecule has 2 atom stereocenters. The lowest BCUT2D eigenvalue weighted by Gasteiger charge is -1.97. The molecule has 1 aliphatic carbocycles. The first-order chi connectivity index (χ1) is 8.25. The van der Waals surface area contributed by atoms with Gasteiger partial charge in [0.05, 0.1) is 0 Å². The molecule has 0 aliphatic heterocycles. The number of aromatic nitrogens is 2. The number of nitrogens with one attached hydrogen (secondary N) is 1. The van der Waals surface area contributed by atoms with Gasteiger partial charge < -0.3 is 0 Å². The summed E-state index contributed by atoms with van der Waals surface area (Å²) in [5.41, 5.74) is 0.700. The van der Waals surface area contributed by atoms with Gasteiger partial charge in [0, 0.05) is 17.4 Å². The third-order valence-corrected chi connectivity index (χ3v) is 2.99. The second kappa shape index (κ2) is 3.69. The fourth-order valence-electron chi connectivity index (χ4n) is 2.00. The zero-order valence-corrected chi connectivity index (χ0v) is 8.92. The van der Waals surface area contributed by atoms with Crippen molar-refractivity contribution in [2.75, 3.05) is 0 Å². The van der Waals surface area contributed by atoms with E-state index in [0.29, 0.717) is 11.4 Å². The predicted molar refractivity (Wildman–Crippen MR) is 58.7 cm³/mol. The number of nitrogens with zero attached hydrogens (tertiary/aromatic N) is 1. The molecular formula is C12H10N2O3. The number of Topliss-reactive ketones (excluding diaryl/α,β-unsaturated/α-hetero) is 1. The van der Waals surface area contributed by atoms with Crippen molar-refractivity contribution in [3.05, 3.63) is 52.3 Å². The van der Waals surface area contributed by atoms with Crippen LogP contribution >= 0.6 is 0 Å². The van der Waals surface area contributed by atoms with E-state index in [2.05, 4.69) is 14.7 Å². The molecule has 5 nitrogen and oxygen atoms in total. The molecule has 17 heavy (non-hydrogen) atoms. The number of hydrogen-bond donors (Lipinski definition) is 1. The maximum absolute atomic E-state index is 12.0. The SMILES string of the molecule is O=C(c1ccccc1)[C@H]1C[C@@H]1c1noc(=O)[nH]1. The van der Waals surface area contributed by atoms with Gasteiger partial charge in [0.2, 0.25) is 0 Å². The van der Waals surface area contributed by atoms with Crippen molar-refractivity contribution in [3.8, 4) is 0 Å². The van der Waals surface area contributed by atoms with Crippen molar-refractivity contribution >= 4 is 5.78 Å². The van der Waals surface area contributed by atoms with Gasteiger partial charge in [-0.2, -0.15) is 0 Å². The van der Waals surface area contributed by atoms with E-state index in [1.54, 1.807) is 12.1 Å². The van der Waals surface area contributed by atoms with Crippen LogP contribution in [0.5, 0.6) is 0 Å². The van der Waals surface area contributed by atoms with Crippen molar-refractivity contribution in [2.24, 2.45) is 5.92 Å². The molecule has 86 valence electrons. The molecule has 0 radical (unpaired) electrons. The number of aromatic amines is 1. The molecule has 0 amide bonds. The molecule has 1 fully saturated rings. The normalized spacial score (nSPS) is 22.4. The molecule has 1 N–H and O–H groups in total. The Balaban J connectivity index is 1.77. The first-order valence-electron chi connectivity index (χ1n) is 5.41. The lowest BCUT2D eigenvalue weighted by atomic mass is 10.1. The summed E-state index contributed by atoms with van der Waals surface area (Å²) < 4.78 is 4.43. The van der Waals surface area contributed by atoms with Gasteiger partial charge >= 0.3 is 5.76 Å². The number of carbonyl (C=O) groups excluding carboxylic acids is 1. The monoisotopic (exact) mass is 230 g/mol. The lowest BCUT2D eigenvalue weighted by molar-refractivity contribution is 0.0964. The molecule has 1 heterocycles. The van der Waals surface area contributed by atoms with E-state index in [1.807, 2.05) is 18.2 Å². The van der Waals surface area contributed by atoms with E-state index in [-0.39, 0.29) is 17.6 Å². The van der Waals surface area contributed by atoms with Crippen LogP contribution < -0.4 is 5.76 Å². The van der Waals surface area contributed by atoms with Crippen molar-refractivity contribution in [1.29, 1.82) is 0 Å². The third-order valence-electron chi connectivity index (χ3n) is 2.99. The van der Waals surface area contributed by atoms with Crippen molar-refractivity contribution in [1.82, 2.24) is 10.1 Å². The standard InChI is InChI=1S/C12H10N2O3/c15-10(7-4-2-1-3-5-7)8-6-9(8)11-13-12(16)17-14-11/h1-5,8-9H,6H2,(H,13,14,16)/t8-,9-/m0/s1. The highest BCUT2D eigenvalue weighted by Gasteiger charge is 2.46. The van der Waals surface area contributed by atoms with Crippen LogP contribution in [0.3, 0.4) is 0 Å². The lowest BCUT2D eigenvalue weighted by Crippen LogP contribution is -2.04. The summed E-state index contributed by atoms with van der Waals surface area (Å²) in [5.74, 6) is -0.0890. The molecule has 0 unspecified atom stereocenters. The maximum Gasteiger partial charge on any atom is 0.438 e. The van der Waals surface area contributed by atoms with Crippen LogP contribution in [0.2, 0.25) is 0 Å². The number of benzene rings is 1. The number of carbonyl (C=O) groups is 1. The summed E-state index contributed by atoms with van der Waals surface area (Å²) in [6.07, 6.45) is 0.718. The fourth-order valence-corrected chi connectivity index (χ4v) is 2.00. The number of hydrogen-bond acceptors (Lipinski definition) is 4. The number of rotatable bonds is 3. The van der Waals surface area contributed by atoms with Gasteiger partial charge in [-0.3, -0.25) is 14.3 Å². The van der Waals surface area contributed by atoms with Crippen LogP contribution in [-0.4, -0.2) is 15.9 Å². The zero-order chi connectivity index (χ0) is 11.8. The summed E-state index contributed by atoms with van der Waals surface area (Å²) in [4.78, 5) is 25.3. The number of ketones is 1. The third kappa shape index (κ3) is 1.80. The summed E-state index contributed by atoms with van der Waals surface area (Å²) in [5, 5.41) is 3.61. The summed E-state index contributed by atoms with van der Waals surface area (Å²) >= 11 is 0. The van der Waals surface area contributed by atoms with E-state index < -0.39 is 5.76 Å². The summed E-state index contributed by atoms with van der Waals surface area (Å²) in [7, 11) is 0. The largest absolute Gasteiger partial charge is 0.438 e. The Bertz CT molecular complexity index is 599. The summed E-state index contributed by atoms with van der Waals surface area (Å²) in [6.45, 7) is 0. The van der Waals surface area contributed by atoms with Crippen LogP contribution in [0.1, 0.15) is 28.5 Å². The minimum absolute atomic E-state index is 0.00541. The van der Waals surface area contributed by atoms with Gasteiger partial charge in [0.15, 0.2) is 11.6 Å². The van der Waals surface area contributed by atoms with Crippen LogP contribution in [0.15, 0.2) is 39.6 Å². The Kier molecular flexibility index (Phi) is 2.18. The van der Waals surface area contributed by atoms with E-state index >= 15 is 0 Å². The average Bonchev–Trinajstić information content (AvgIpc) is 3.05. The van der Waals surface area contributed by atoms with E-state index in [9.17, 15) is 9.59 Å². The van der Waals surface area contributed by atoms with Crippen LogP contribution in [0, 0.1) is 5.92 Å². The second-order valence-corrected chi connectivity index (χ2v) is 4.16. The van der Waals surface area contributed by atoms with Gasteiger partial charge in [-0.25, -0.2) is 4.79 Å². The Hall–Kier alpha value is -2.17. The van der Waals surface area contributed by atoms with Crippen LogP contribution in [0.25, 0.3) is 0 Å². The molecule has 0 saturated heterocycles. The topological polar surface area (TPSA) is 76.0 Å². The predicted octanol–water partition coefficient (Wildman–Crippen LogP) is 1.35. The Morgan fingerprint density at radius 2 is 2.12 bits per heavy atom. The second-order valence-electron chi connectivity index (χ2n) is 4.16. The Labute approximate surface area is 96.5 Å². The molecule has 1 aromatic carbocycles. The molecule has 0 bridgehead atoms. The van der Waals surface area contributed by atoms with Crippen molar-refractivity contribution in [3.63, 3.8) is 0 Å². The molecule has 0 spiro atoms. The number of H-pyrrole nitrogens is 1. The fraction of sp³-hybridized carbons (Fsp3) is 0.250. The smallest absolute Gasteiger partial charge is 0.296 e. The molecule has 2 aromatic rings.